The zero-order valence-corrected chi connectivity index (χ0v) is 12.2. The third-order valence-electron chi connectivity index (χ3n) is 2.87. The molecule has 0 aliphatic heterocycles. The highest BCUT2D eigenvalue weighted by Gasteiger charge is 2.14. The maximum absolute atomic E-state index is 9.44. The molecule has 0 bridgehead atoms. The number of nitrogens with zero attached hydrogens (tertiary/aromatic N) is 2. The van der Waals surface area contributed by atoms with Gasteiger partial charge in [0.1, 0.15) is 0 Å². The molecule has 0 heterocycles. The second kappa shape index (κ2) is 7.62. The SMILES string of the molecule is CCCN(CCN(C)C)c1c(Cl)cccc1CO. The Kier molecular flexibility index (Phi) is 6.47. The van der Waals surface area contributed by atoms with Crippen molar-refractivity contribution in [3.8, 4) is 0 Å². The first-order chi connectivity index (χ1) is 8.60. The summed E-state index contributed by atoms with van der Waals surface area (Å²) in [6.07, 6.45) is 1.06. The zero-order valence-electron chi connectivity index (χ0n) is 11.5. The number of aliphatic hydroxyl groups is 1. The van der Waals surface area contributed by atoms with Crippen LogP contribution >= 0.6 is 11.6 Å². The summed E-state index contributed by atoms with van der Waals surface area (Å²) in [6.45, 7) is 5.01. The molecule has 0 aromatic heterocycles. The standard InChI is InChI=1S/C14H23ClN2O/c1-4-8-17(10-9-16(2)3)14-12(11-18)6-5-7-13(14)15/h5-7,18H,4,8-11H2,1-3H3. The smallest absolute Gasteiger partial charge is 0.0702 e. The van der Waals surface area contributed by atoms with Crippen molar-refractivity contribution in [1.82, 2.24) is 4.90 Å². The number of benzene rings is 1. The van der Waals surface area contributed by atoms with Gasteiger partial charge in [0.25, 0.3) is 0 Å². The molecule has 3 nitrogen and oxygen atoms in total. The first kappa shape index (κ1) is 15.3. The van der Waals surface area contributed by atoms with Crippen LogP contribution in [0.3, 0.4) is 0 Å². The lowest BCUT2D eigenvalue weighted by Crippen LogP contribution is -2.33. The van der Waals surface area contributed by atoms with Crippen molar-refractivity contribution >= 4 is 17.3 Å². The molecule has 0 aliphatic carbocycles. The second-order valence-electron chi connectivity index (χ2n) is 4.70. The Bertz CT molecular complexity index is 369. The second-order valence-corrected chi connectivity index (χ2v) is 5.10. The Labute approximate surface area is 115 Å². The van der Waals surface area contributed by atoms with Gasteiger partial charge in [-0.1, -0.05) is 30.7 Å². The summed E-state index contributed by atoms with van der Waals surface area (Å²) in [5.41, 5.74) is 1.88. The van der Waals surface area contributed by atoms with E-state index in [2.05, 4.69) is 30.8 Å². The summed E-state index contributed by atoms with van der Waals surface area (Å²) >= 11 is 6.29. The number of hydrogen-bond acceptors (Lipinski definition) is 3. The summed E-state index contributed by atoms with van der Waals surface area (Å²) in [4.78, 5) is 4.41. The molecule has 18 heavy (non-hydrogen) atoms. The fourth-order valence-electron chi connectivity index (χ4n) is 1.97. The Balaban J connectivity index is 2.96. The van der Waals surface area contributed by atoms with Crippen LogP contribution < -0.4 is 4.90 Å². The van der Waals surface area contributed by atoms with Crippen LogP contribution in [-0.2, 0) is 6.61 Å². The quantitative estimate of drug-likeness (QED) is 0.825. The predicted molar refractivity (Wildman–Crippen MR) is 78.4 cm³/mol. The number of halogens is 1. The molecule has 0 saturated carbocycles. The molecule has 4 heteroatoms. The van der Waals surface area contributed by atoms with E-state index in [-0.39, 0.29) is 6.61 Å². The average Bonchev–Trinajstić information content (AvgIpc) is 2.34. The van der Waals surface area contributed by atoms with Gasteiger partial charge in [0.05, 0.1) is 17.3 Å². The Morgan fingerprint density at radius 3 is 2.44 bits per heavy atom. The normalized spacial score (nSPS) is 11.0. The molecule has 1 rings (SSSR count). The lowest BCUT2D eigenvalue weighted by Gasteiger charge is -2.28. The van der Waals surface area contributed by atoms with E-state index in [0.29, 0.717) is 5.02 Å². The lowest BCUT2D eigenvalue weighted by molar-refractivity contribution is 0.282. The zero-order chi connectivity index (χ0) is 13.5. The van der Waals surface area contributed by atoms with E-state index >= 15 is 0 Å². The monoisotopic (exact) mass is 270 g/mol. The first-order valence-electron chi connectivity index (χ1n) is 6.38. The van der Waals surface area contributed by atoms with E-state index < -0.39 is 0 Å². The van der Waals surface area contributed by atoms with Crippen molar-refractivity contribution in [3.63, 3.8) is 0 Å². The van der Waals surface area contributed by atoms with Crippen molar-refractivity contribution in [1.29, 1.82) is 0 Å². The van der Waals surface area contributed by atoms with E-state index in [4.69, 9.17) is 11.6 Å². The van der Waals surface area contributed by atoms with Crippen LogP contribution in [-0.4, -0.2) is 43.7 Å². The number of para-hydroxylation sites is 1. The molecule has 0 spiro atoms. The van der Waals surface area contributed by atoms with Crippen molar-refractivity contribution in [2.75, 3.05) is 38.6 Å². The minimum atomic E-state index is 0.0259. The number of anilines is 1. The van der Waals surface area contributed by atoms with Crippen molar-refractivity contribution in [3.05, 3.63) is 28.8 Å². The van der Waals surface area contributed by atoms with Gasteiger partial charge >= 0.3 is 0 Å². The third kappa shape index (κ3) is 4.16. The van der Waals surface area contributed by atoms with Gasteiger partial charge < -0.3 is 14.9 Å². The van der Waals surface area contributed by atoms with E-state index in [9.17, 15) is 5.11 Å². The lowest BCUT2D eigenvalue weighted by atomic mass is 10.1. The molecule has 0 saturated heterocycles. The summed E-state index contributed by atoms with van der Waals surface area (Å²) in [5.74, 6) is 0. The maximum Gasteiger partial charge on any atom is 0.0702 e. The molecule has 0 atom stereocenters. The van der Waals surface area contributed by atoms with E-state index in [1.807, 2.05) is 18.2 Å². The van der Waals surface area contributed by atoms with Gasteiger partial charge in [0.2, 0.25) is 0 Å². The van der Waals surface area contributed by atoms with Gasteiger partial charge in [0.15, 0.2) is 0 Å². The van der Waals surface area contributed by atoms with E-state index in [0.717, 1.165) is 37.3 Å². The van der Waals surface area contributed by atoms with Crippen molar-refractivity contribution < 1.29 is 5.11 Å². The molecule has 0 radical (unpaired) electrons. The molecule has 0 unspecified atom stereocenters. The predicted octanol–water partition coefficient (Wildman–Crippen LogP) is 2.61. The number of hydrogen-bond donors (Lipinski definition) is 1. The molecular formula is C14H23ClN2O. The van der Waals surface area contributed by atoms with Crippen LogP contribution in [0.1, 0.15) is 18.9 Å². The average molecular weight is 271 g/mol. The number of rotatable bonds is 7. The Morgan fingerprint density at radius 1 is 1.17 bits per heavy atom. The molecule has 0 aliphatic rings. The fraction of sp³-hybridized carbons (Fsp3) is 0.571. The Hall–Kier alpha value is -0.770. The molecule has 1 aromatic rings. The van der Waals surface area contributed by atoms with Crippen LogP contribution in [0.25, 0.3) is 0 Å². The Morgan fingerprint density at radius 2 is 1.89 bits per heavy atom. The highest BCUT2D eigenvalue weighted by molar-refractivity contribution is 6.33. The van der Waals surface area contributed by atoms with Crippen molar-refractivity contribution in [2.24, 2.45) is 0 Å². The highest BCUT2D eigenvalue weighted by atomic mass is 35.5. The number of aliphatic hydroxyl groups excluding tert-OH is 1. The third-order valence-corrected chi connectivity index (χ3v) is 3.17. The van der Waals surface area contributed by atoms with Gasteiger partial charge in [-0.3, -0.25) is 0 Å². The molecular weight excluding hydrogens is 248 g/mol. The highest BCUT2D eigenvalue weighted by Crippen LogP contribution is 2.30. The maximum atomic E-state index is 9.44. The van der Waals surface area contributed by atoms with Crippen LogP contribution in [0, 0.1) is 0 Å². The molecule has 102 valence electrons. The van der Waals surface area contributed by atoms with Gasteiger partial charge in [-0.15, -0.1) is 0 Å². The summed E-state index contributed by atoms with van der Waals surface area (Å²) in [5, 5.41) is 10.2. The minimum Gasteiger partial charge on any atom is -0.392 e. The van der Waals surface area contributed by atoms with Gasteiger partial charge in [-0.2, -0.15) is 0 Å². The van der Waals surface area contributed by atoms with Crippen molar-refractivity contribution in [2.45, 2.75) is 20.0 Å². The van der Waals surface area contributed by atoms with Gasteiger partial charge in [0, 0.05) is 25.2 Å². The van der Waals surface area contributed by atoms with Crippen LogP contribution in [0.5, 0.6) is 0 Å². The summed E-state index contributed by atoms with van der Waals surface area (Å²) < 4.78 is 0. The minimum absolute atomic E-state index is 0.0259. The molecule has 1 N–H and O–H groups in total. The fourth-order valence-corrected chi connectivity index (χ4v) is 2.28. The first-order valence-corrected chi connectivity index (χ1v) is 6.75. The van der Waals surface area contributed by atoms with Gasteiger partial charge in [-0.05, 0) is 26.6 Å². The van der Waals surface area contributed by atoms with Gasteiger partial charge in [-0.25, -0.2) is 0 Å². The van der Waals surface area contributed by atoms with E-state index in [1.54, 1.807) is 0 Å². The molecule has 0 fully saturated rings. The van der Waals surface area contributed by atoms with Crippen LogP contribution in [0.4, 0.5) is 5.69 Å². The summed E-state index contributed by atoms with van der Waals surface area (Å²) in [6, 6.07) is 5.70. The van der Waals surface area contributed by atoms with Crippen LogP contribution in [0.2, 0.25) is 5.02 Å². The topological polar surface area (TPSA) is 26.7 Å². The summed E-state index contributed by atoms with van der Waals surface area (Å²) in [7, 11) is 4.12. The molecule has 0 amide bonds. The largest absolute Gasteiger partial charge is 0.392 e. The van der Waals surface area contributed by atoms with E-state index in [1.165, 1.54) is 0 Å². The van der Waals surface area contributed by atoms with Crippen LogP contribution in [0.15, 0.2) is 18.2 Å². The molecule has 1 aromatic carbocycles. The number of likely N-dealkylation sites (N-methyl/N-ethyl adjacent to an activating group) is 1.